The first-order valence-electron chi connectivity index (χ1n) is 13.3. The van der Waals surface area contributed by atoms with E-state index in [9.17, 15) is 22.8 Å². The summed E-state index contributed by atoms with van der Waals surface area (Å²) < 4.78 is 44.6. The summed E-state index contributed by atoms with van der Waals surface area (Å²) in [5.74, 6) is 2.17. The number of aromatic nitrogens is 4. The van der Waals surface area contributed by atoms with Crippen molar-refractivity contribution in [3.05, 3.63) is 68.6 Å². The van der Waals surface area contributed by atoms with Crippen molar-refractivity contribution in [2.45, 2.75) is 56.8 Å². The quantitative estimate of drug-likeness (QED) is 0.524. The number of fused-ring (bicyclic) bond motifs is 1. The van der Waals surface area contributed by atoms with E-state index in [1.165, 1.54) is 36.2 Å². The minimum atomic E-state index is -4.47. The highest BCUT2D eigenvalue weighted by molar-refractivity contribution is 5.70. The lowest BCUT2D eigenvalue weighted by atomic mass is 9.53. The maximum atomic E-state index is 13.5. The lowest BCUT2D eigenvalue weighted by molar-refractivity contribution is -0.137. The van der Waals surface area contributed by atoms with Gasteiger partial charge in [-0.3, -0.25) is 13.9 Å². The molecular formula is C28H32F3N5O2. The number of allylic oxidation sites excluding steroid dienone is 1. The molecule has 7 rings (SSSR count). The molecule has 0 spiro atoms. The van der Waals surface area contributed by atoms with Gasteiger partial charge in [0.25, 0.3) is 5.56 Å². The zero-order valence-electron chi connectivity index (χ0n) is 21.6. The standard InChI is InChI=1S/C28H32F3N5O2/c1-34-16-32-24-23(34)25(37)36(26(38)35(24)2)7-6-21(20-4-3-5-22(11-20)28(29,30)31)15-33-27-12-17-8-18(13-27)10-19(9-17)14-27/h3-6,11,16-19,33H,7-10,12-15H2,1-2H3/b21-6+. The number of imidazole rings is 1. The van der Waals surface area contributed by atoms with Gasteiger partial charge in [0.05, 0.1) is 11.9 Å². The Bertz CT molecular complexity index is 1510. The van der Waals surface area contributed by atoms with Crippen LogP contribution in [0.5, 0.6) is 0 Å². The van der Waals surface area contributed by atoms with Gasteiger partial charge in [-0.1, -0.05) is 18.2 Å². The minimum Gasteiger partial charge on any atom is -0.328 e. The van der Waals surface area contributed by atoms with Gasteiger partial charge in [-0.25, -0.2) is 9.78 Å². The van der Waals surface area contributed by atoms with Crippen molar-refractivity contribution in [3.8, 4) is 0 Å². The maximum Gasteiger partial charge on any atom is 0.416 e. The highest BCUT2D eigenvalue weighted by Gasteiger charge is 2.50. The molecule has 0 aliphatic heterocycles. The summed E-state index contributed by atoms with van der Waals surface area (Å²) in [6, 6.07) is 5.28. The van der Waals surface area contributed by atoms with Gasteiger partial charge in [-0.15, -0.1) is 0 Å². The van der Waals surface area contributed by atoms with E-state index < -0.39 is 23.0 Å². The fourth-order valence-corrected chi connectivity index (χ4v) is 7.56. The van der Waals surface area contributed by atoms with Crippen LogP contribution in [-0.2, 0) is 26.8 Å². The number of halogens is 3. The van der Waals surface area contributed by atoms with E-state index in [4.69, 9.17) is 0 Å². The Balaban J connectivity index is 1.36. The molecule has 38 heavy (non-hydrogen) atoms. The molecule has 202 valence electrons. The third kappa shape index (κ3) is 4.32. The number of hydrogen-bond donors (Lipinski definition) is 1. The van der Waals surface area contributed by atoms with Crippen LogP contribution in [-0.4, -0.2) is 30.8 Å². The molecule has 0 amide bonds. The molecule has 3 aromatic rings. The van der Waals surface area contributed by atoms with Gasteiger partial charge < -0.3 is 9.88 Å². The first kappa shape index (κ1) is 25.2. The summed E-state index contributed by atoms with van der Waals surface area (Å²) in [4.78, 5) is 30.4. The van der Waals surface area contributed by atoms with E-state index in [0.717, 1.165) is 53.7 Å². The number of nitrogens with one attached hydrogen (secondary N) is 1. The number of hydrogen-bond acceptors (Lipinski definition) is 4. The molecule has 4 bridgehead atoms. The molecule has 2 aromatic heterocycles. The second-order valence-corrected chi connectivity index (χ2v) is 11.6. The lowest BCUT2D eigenvalue weighted by Crippen LogP contribution is -2.58. The Hall–Kier alpha value is -3.14. The smallest absolute Gasteiger partial charge is 0.328 e. The number of nitrogens with zero attached hydrogens (tertiary/aromatic N) is 4. The second kappa shape index (κ2) is 8.97. The lowest BCUT2D eigenvalue weighted by Gasteiger charge is -2.57. The summed E-state index contributed by atoms with van der Waals surface area (Å²) in [6.07, 6.45) is 5.92. The molecule has 7 nitrogen and oxygen atoms in total. The first-order chi connectivity index (χ1) is 18.0. The number of benzene rings is 1. The SMILES string of the molecule is Cn1cnc2c1c(=O)n(C/C=C(\CNC13CC4CC(CC(C4)C1)C3)c1cccc(C(F)(F)F)c1)c(=O)n2C. The Labute approximate surface area is 218 Å². The Morgan fingerprint density at radius 1 is 1.11 bits per heavy atom. The molecule has 4 saturated carbocycles. The zero-order chi connectivity index (χ0) is 26.8. The third-order valence-corrected chi connectivity index (χ3v) is 8.97. The largest absolute Gasteiger partial charge is 0.416 e. The van der Waals surface area contributed by atoms with Crippen molar-refractivity contribution in [2.75, 3.05) is 6.54 Å². The normalized spacial score (nSPS) is 27.0. The number of rotatable bonds is 6. The summed E-state index contributed by atoms with van der Waals surface area (Å²) in [5.41, 5.74) is -0.0332. The van der Waals surface area contributed by atoms with E-state index in [-0.39, 0.29) is 12.1 Å². The van der Waals surface area contributed by atoms with E-state index in [1.54, 1.807) is 30.8 Å². The average molecular weight is 528 g/mol. The molecule has 0 atom stereocenters. The molecule has 2 heterocycles. The van der Waals surface area contributed by atoms with Crippen LogP contribution in [0.15, 0.2) is 46.3 Å². The third-order valence-electron chi connectivity index (χ3n) is 8.97. The number of alkyl halides is 3. The zero-order valence-corrected chi connectivity index (χ0v) is 21.6. The maximum absolute atomic E-state index is 13.5. The molecule has 4 fully saturated rings. The van der Waals surface area contributed by atoms with E-state index >= 15 is 0 Å². The summed E-state index contributed by atoms with van der Waals surface area (Å²) in [5, 5.41) is 3.76. The predicted octanol–water partition coefficient (Wildman–Crippen LogP) is 4.09. The van der Waals surface area contributed by atoms with Crippen LogP contribution in [0, 0.1) is 17.8 Å². The highest BCUT2D eigenvalue weighted by Crippen LogP contribution is 2.55. The van der Waals surface area contributed by atoms with Crippen LogP contribution < -0.4 is 16.6 Å². The first-order valence-corrected chi connectivity index (χ1v) is 13.3. The van der Waals surface area contributed by atoms with E-state index in [1.807, 2.05) is 0 Å². The van der Waals surface area contributed by atoms with Gasteiger partial charge in [-0.05, 0) is 79.5 Å². The average Bonchev–Trinajstić information content (AvgIpc) is 3.25. The molecule has 1 aromatic carbocycles. The van der Waals surface area contributed by atoms with E-state index in [2.05, 4.69) is 10.3 Å². The van der Waals surface area contributed by atoms with Crippen LogP contribution >= 0.6 is 0 Å². The van der Waals surface area contributed by atoms with Crippen molar-refractivity contribution >= 4 is 16.7 Å². The van der Waals surface area contributed by atoms with Gasteiger partial charge in [0.2, 0.25) is 0 Å². The summed E-state index contributed by atoms with van der Waals surface area (Å²) in [7, 11) is 3.24. The van der Waals surface area contributed by atoms with Gasteiger partial charge in [0.1, 0.15) is 0 Å². The van der Waals surface area contributed by atoms with Crippen molar-refractivity contribution in [2.24, 2.45) is 31.8 Å². The van der Waals surface area contributed by atoms with E-state index in [0.29, 0.717) is 28.8 Å². The van der Waals surface area contributed by atoms with Gasteiger partial charge in [0, 0.05) is 32.7 Å². The topological polar surface area (TPSA) is 73.8 Å². The van der Waals surface area contributed by atoms with Gasteiger partial charge in [0.15, 0.2) is 11.2 Å². The Kier molecular flexibility index (Phi) is 5.93. The second-order valence-electron chi connectivity index (χ2n) is 11.6. The fraction of sp³-hybridized carbons (Fsp3) is 0.536. The number of aryl methyl sites for hydroxylation is 2. The van der Waals surface area contributed by atoms with Gasteiger partial charge >= 0.3 is 11.9 Å². The minimum absolute atomic E-state index is 0.00999. The Morgan fingerprint density at radius 2 is 1.76 bits per heavy atom. The molecule has 4 aliphatic rings. The van der Waals surface area contributed by atoms with Crippen molar-refractivity contribution < 1.29 is 13.2 Å². The van der Waals surface area contributed by atoms with Crippen molar-refractivity contribution in [1.82, 2.24) is 24.0 Å². The van der Waals surface area contributed by atoms with Crippen molar-refractivity contribution in [1.29, 1.82) is 0 Å². The van der Waals surface area contributed by atoms with Crippen molar-refractivity contribution in [3.63, 3.8) is 0 Å². The molecule has 10 heteroatoms. The van der Waals surface area contributed by atoms with Crippen LogP contribution in [0.3, 0.4) is 0 Å². The molecule has 0 radical (unpaired) electrons. The van der Waals surface area contributed by atoms with Crippen LogP contribution in [0.25, 0.3) is 16.7 Å². The predicted molar refractivity (Wildman–Crippen MR) is 139 cm³/mol. The van der Waals surface area contributed by atoms with Gasteiger partial charge in [-0.2, -0.15) is 13.2 Å². The molecule has 1 N–H and O–H groups in total. The monoisotopic (exact) mass is 527 g/mol. The Morgan fingerprint density at radius 3 is 2.39 bits per heavy atom. The van der Waals surface area contributed by atoms with Crippen LogP contribution in [0.4, 0.5) is 13.2 Å². The molecular weight excluding hydrogens is 495 g/mol. The molecule has 4 aliphatic carbocycles. The fourth-order valence-electron chi connectivity index (χ4n) is 7.56. The van der Waals surface area contributed by atoms with Crippen LogP contribution in [0.1, 0.15) is 49.7 Å². The summed E-state index contributed by atoms with van der Waals surface area (Å²) in [6.45, 7) is 0.317. The molecule has 0 saturated heterocycles. The van der Waals surface area contributed by atoms with Crippen LogP contribution in [0.2, 0.25) is 0 Å². The summed E-state index contributed by atoms with van der Waals surface area (Å²) >= 11 is 0. The highest BCUT2D eigenvalue weighted by atomic mass is 19.4. The molecule has 0 unspecified atom stereocenters.